The van der Waals surface area contributed by atoms with Gasteiger partial charge in [-0.2, -0.15) is 0 Å². The number of carbonyl (C=O) groups is 2. The first-order chi connectivity index (χ1) is 30.8. The normalized spacial score (nSPS) is 13.5. The SMILES string of the molecule is C.Cl.Cl.[2H]C([2H])(N)c1ccc(OC)c(Cl)c1.[2H]C([2H])(Nc1c2c(nc3ccc([N+]#[C-])cc13)CCN(C(C)=O)C2)c1ccc(OC)c(Cl)c1.[C-]#[N+]c1ccc2nc3c(c(Cl)c2c1)CN(C(C)=O)CC3. The number of nitrogens with two attached hydrogens (primary N) is 1. The van der Waals surface area contributed by atoms with Crippen LogP contribution in [0.25, 0.3) is 31.5 Å². The molecule has 2 amide bonds. The third kappa shape index (κ3) is 12.2. The van der Waals surface area contributed by atoms with E-state index in [-0.39, 0.29) is 44.1 Å². The summed E-state index contributed by atoms with van der Waals surface area (Å²) in [6, 6.07) is 19.8. The molecule has 2 aromatic heterocycles. The van der Waals surface area contributed by atoms with Gasteiger partial charge < -0.3 is 30.3 Å². The van der Waals surface area contributed by atoms with Crippen molar-refractivity contribution in [2.45, 2.75) is 60.2 Å². The van der Waals surface area contributed by atoms with E-state index in [1.165, 1.54) is 33.3 Å². The summed E-state index contributed by atoms with van der Waals surface area (Å²) in [5.74, 6) is 0.953. The minimum absolute atomic E-state index is 0. The Labute approximate surface area is 407 Å². The van der Waals surface area contributed by atoms with Crippen molar-refractivity contribution in [3.8, 4) is 11.5 Å². The van der Waals surface area contributed by atoms with Crippen LogP contribution >= 0.6 is 59.6 Å². The molecule has 0 aliphatic carbocycles. The van der Waals surface area contributed by atoms with Gasteiger partial charge >= 0.3 is 0 Å². The average Bonchev–Trinajstić information content (AvgIpc) is 3.28. The van der Waals surface area contributed by atoms with Crippen LogP contribution in [0, 0.1) is 13.1 Å². The molecule has 8 rings (SSSR count). The highest BCUT2D eigenvalue weighted by Gasteiger charge is 2.25. The van der Waals surface area contributed by atoms with Gasteiger partial charge in [-0.15, -0.1) is 24.8 Å². The minimum Gasteiger partial charge on any atom is -0.495 e. The van der Waals surface area contributed by atoms with E-state index in [1.54, 1.807) is 71.3 Å². The number of anilines is 1. The Morgan fingerprint density at radius 1 is 0.750 bits per heavy atom. The van der Waals surface area contributed by atoms with Gasteiger partial charge in [0.05, 0.1) is 56.2 Å². The first kappa shape index (κ1) is 46.4. The molecule has 0 fully saturated rings. The number of nitrogens with zero attached hydrogens (tertiary/aromatic N) is 6. The van der Waals surface area contributed by atoms with Crippen LogP contribution in [0.15, 0.2) is 72.8 Å². The number of hydrogen-bond donors (Lipinski definition) is 2. The quantitative estimate of drug-likeness (QED) is 0.158. The Morgan fingerprint density at radius 2 is 1.22 bits per heavy atom. The van der Waals surface area contributed by atoms with Crippen LogP contribution in [0.5, 0.6) is 11.5 Å². The largest absolute Gasteiger partial charge is 0.495 e. The molecule has 6 aromatic rings. The van der Waals surface area contributed by atoms with E-state index in [4.69, 9.17) is 73.6 Å². The first-order valence-electron chi connectivity index (χ1n) is 20.9. The molecule has 4 heterocycles. The molecule has 2 aliphatic rings. The van der Waals surface area contributed by atoms with Crippen molar-refractivity contribution in [3.05, 3.63) is 144 Å². The second kappa shape index (κ2) is 23.9. The van der Waals surface area contributed by atoms with Crippen molar-refractivity contribution in [2.24, 2.45) is 5.73 Å². The number of pyridine rings is 2. The molecule has 3 N–H and O–H groups in total. The lowest BCUT2D eigenvalue weighted by Gasteiger charge is -2.30. The molecular weight excluding hydrogens is 918 g/mol. The average molecular weight is 971 g/mol. The smallest absolute Gasteiger partial charge is 0.219 e. The summed E-state index contributed by atoms with van der Waals surface area (Å²) < 4.78 is 42.1. The maximum absolute atomic E-state index is 12.0. The lowest BCUT2D eigenvalue weighted by atomic mass is 9.99. The highest BCUT2D eigenvalue weighted by molar-refractivity contribution is 6.36. The molecule has 0 unspecified atom stereocenters. The maximum atomic E-state index is 12.0. The summed E-state index contributed by atoms with van der Waals surface area (Å²) >= 11 is 18.5. The fourth-order valence-electron chi connectivity index (χ4n) is 6.86. The van der Waals surface area contributed by atoms with Gasteiger partial charge in [-0.05, 0) is 59.7 Å². The number of amides is 2. The van der Waals surface area contributed by atoms with E-state index < -0.39 is 13.0 Å². The van der Waals surface area contributed by atoms with Crippen molar-refractivity contribution in [3.63, 3.8) is 0 Å². The van der Waals surface area contributed by atoms with Gasteiger partial charge in [-0.25, -0.2) is 9.69 Å². The third-order valence-corrected chi connectivity index (χ3v) is 11.1. The van der Waals surface area contributed by atoms with Crippen molar-refractivity contribution in [1.29, 1.82) is 0 Å². The number of carbonyl (C=O) groups excluding carboxylic acids is 2. The summed E-state index contributed by atoms with van der Waals surface area (Å²) in [5, 5.41) is 5.72. The topological polar surface area (TPSA) is 132 Å². The van der Waals surface area contributed by atoms with E-state index in [1.807, 2.05) is 6.07 Å². The molecular formula is C47H49Cl5N8O4. The van der Waals surface area contributed by atoms with Crippen LogP contribution in [0.2, 0.25) is 15.1 Å². The number of halogens is 5. The molecule has 4 aromatic carbocycles. The summed E-state index contributed by atoms with van der Waals surface area (Å²) in [5.41, 5.74) is 12.3. The van der Waals surface area contributed by atoms with E-state index >= 15 is 0 Å². The first-order valence-corrected chi connectivity index (χ1v) is 20.0. The Morgan fingerprint density at radius 3 is 1.70 bits per heavy atom. The zero-order chi connectivity index (χ0) is 47.4. The summed E-state index contributed by atoms with van der Waals surface area (Å²) in [6.45, 7) is 15.7. The van der Waals surface area contributed by atoms with Crippen LogP contribution in [0.1, 0.15) is 60.4 Å². The number of aromatic nitrogens is 2. The van der Waals surface area contributed by atoms with Crippen molar-refractivity contribution in [1.82, 2.24) is 19.8 Å². The van der Waals surface area contributed by atoms with Crippen LogP contribution < -0.4 is 20.5 Å². The fourth-order valence-corrected chi connectivity index (χ4v) is 7.70. The van der Waals surface area contributed by atoms with Gasteiger partial charge in [0.1, 0.15) is 11.5 Å². The molecule has 0 saturated carbocycles. The molecule has 64 heavy (non-hydrogen) atoms. The summed E-state index contributed by atoms with van der Waals surface area (Å²) in [6.07, 6.45) is 1.29. The van der Waals surface area contributed by atoms with Crippen LogP contribution in [-0.2, 0) is 48.5 Å². The molecule has 0 atom stereocenters. The van der Waals surface area contributed by atoms with Gasteiger partial charge in [0.25, 0.3) is 0 Å². The number of rotatable bonds is 6. The number of methoxy groups -OCH3 is 2. The van der Waals surface area contributed by atoms with Crippen molar-refractivity contribution in [2.75, 3.05) is 32.6 Å². The van der Waals surface area contributed by atoms with Gasteiger partial charge in [-0.1, -0.05) is 66.5 Å². The standard InChI is InChI=1S/C23H21ClN4O2.C15H12ClN3O.C8H10ClNO.CH4.2ClH/c1-14(29)28-9-8-21-18(13-28)23(17-11-16(25-2)5-6-20(17)27-21)26-12-15-4-7-22(30-3)19(24)10-15;1-9(20)19-6-5-14-12(8-19)15(16)11-7-10(17-2)3-4-13(11)18-14;1-11-8-3-2-6(5-10)4-7(8)9;;;/h4-7,10-11H,8-9,12-13H2,1,3H3,(H,26,27);3-4,7H,5-6,8H2,1H3;2-4H,5,10H2,1H3;1H4;2*1H/i12D2;;5D2;;;. The zero-order valence-electron chi connectivity index (χ0n) is 38.5. The highest BCUT2D eigenvalue weighted by Crippen LogP contribution is 2.36. The monoisotopic (exact) mass is 968 g/mol. The molecule has 12 nitrogen and oxygen atoms in total. The van der Waals surface area contributed by atoms with Crippen LogP contribution in [0.3, 0.4) is 0 Å². The fraction of sp³-hybridized carbons (Fsp3) is 0.277. The summed E-state index contributed by atoms with van der Waals surface area (Å²) in [7, 11) is 3.00. The molecule has 2 aliphatic heterocycles. The Bertz CT molecular complexity index is 2930. The van der Waals surface area contributed by atoms with E-state index in [9.17, 15) is 9.59 Å². The van der Waals surface area contributed by atoms with Crippen molar-refractivity contribution >= 4 is 110 Å². The number of hydrogen-bond acceptors (Lipinski definition) is 8. The lowest BCUT2D eigenvalue weighted by molar-refractivity contribution is -0.130. The predicted molar refractivity (Wildman–Crippen MR) is 263 cm³/mol. The van der Waals surface area contributed by atoms with Gasteiger partial charge in [-0.3, -0.25) is 19.6 Å². The van der Waals surface area contributed by atoms with Crippen molar-refractivity contribution < 1.29 is 24.5 Å². The molecule has 0 saturated heterocycles. The molecule has 0 radical (unpaired) electrons. The second-order valence-corrected chi connectivity index (χ2v) is 15.1. The Hall–Kier alpha value is -5.57. The summed E-state index contributed by atoms with van der Waals surface area (Å²) in [4.78, 5) is 43.3. The van der Waals surface area contributed by atoms with E-state index in [0.29, 0.717) is 98.3 Å². The minimum atomic E-state index is -2.00. The third-order valence-electron chi connectivity index (χ3n) is 10.1. The molecule has 0 bridgehead atoms. The van der Waals surface area contributed by atoms with Crippen LogP contribution in [-0.4, -0.2) is 58.9 Å². The highest BCUT2D eigenvalue weighted by atomic mass is 35.5. The van der Waals surface area contributed by atoms with Crippen LogP contribution in [0.4, 0.5) is 17.1 Å². The number of benzene rings is 4. The molecule has 0 spiro atoms. The Balaban J connectivity index is 0.000000292. The maximum Gasteiger partial charge on any atom is 0.219 e. The lowest BCUT2D eigenvalue weighted by Crippen LogP contribution is -2.35. The van der Waals surface area contributed by atoms with E-state index in [2.05, 4.69) is 20.0 Å². The molecule has 336 valence electrons. The second-order valence-electron chi connectivity index (χ2n) is 13.9. The Kier molecular flexibility index (Phi) is 17.4. The molecule has 17 heteroatoms. The zero-order valence-corrected chi connectivity index (χ0v) is 38.4. The predicted octanol–water partition coefficient (Wildman–Crippen LogP) is 11.6. The van der Waals surface area contributed by atoms with Gasteiger partial charge in [0.2, 0.25) is 11.8 Å². The number of ether oxygens (including phenoxy) is 2. The number of nitrogens with one attached hydrogen (secondary N) is 1. The van der Waals surface area contributed by atoms with E-state index in [0.717, 1.165) is 39.8 Å². The number of fused-ring (bicyclic) bond motifs is 4. The van der Waals surface area contributed by atoms with Gasteiger partial charge in [0, 0.05) is 108 Å². The van der Waals surface area contributed by atoms with Gasteiger partial charge in [0.15, 0.2) is 11.4 Å².